The van der Waals surface area contributed by atoms with Crippen LogP contribution in [0.2, 0.25) is 0 Å². The van der Waals surface area contributed by atoms with Gasteiger partial charge in [-0.25, -0.2) is 0 Å². The molecular formula is C17H13N3OS. The van der Waals surface area contributed by atoms with E-state index in [1.165, 1.54) is 21.2 Å². The van der Waals surface area contributed by atoms with Crippen molar-refractivity contribution in [3.63, 3.8) is 0 Å². The molecule has 0 aliphatic carbocycles. The Morgan fingerprint density at radius 3 is 2.91 bits per heavy atom. The highest BCUT2D eigenvalue weighted by atomic mass is 32.1. The number of aromatic nitrogens is 2. The summed E-state index contributed by atoms with van der Waals surface area (Å²) in [5.74, 6) is 0.139. The van der Waals surface area contributed by atoms with Crippen LogP contribution < -0.4 is 5.32 Å². The van der Waals surface area contributed by atoms with E-state index in [2.05, 4.69) is 40.4 Å². The van der Waals surface area contributed by atoms with Gasteiger partial charge in [0, 0.05) is 32.9 Å². The minimum absolute atomic E-state index is 0.139. The van der Waals surface area contributed by atoms with Crippen molar-refractivity contribution in [3.05, 3.63) is 53.8 Å². The lowest BCUT2D eigenvalue weighted by atomic mass is 10.1. The largest absolute Gasteiger partial charge is 0.506 e. The van der Waals surface area contributed by atoms with Gasteiger partial charge in [0.15, 0.2) is 0 Å². The zero-order valence-electron chi connectivity index (χ0n) is 11.9. The summed E-state index contributed by atoms with van der Waals surface area (Å²) in [6, 6.07) is 10.0. The molecule has 3 heterocycles. The number of fused-ring (bicyclic) bond motifs is 2. The third kappa shape index (κ3) is 2.25. The van der Waals surface area contributed by atoms with Gasteiger partial charge >= 0.3 is 0 Å². The second kappa shape index (κ2) is 4.96. The Morgan fingerprint density at radius 1 is 1.14 bits per heavy atom. The predicted molar refractivity (Wildman–Crippen MR) is 91.0 cm³/mol. The van der Waals surface area contributed by atoms with Gasteiger partial charge in [0.05, 0.1) is 23.6 Å². The topological polar surface area (TPSA) is 58.0 Å². The summed E-state index contributed by atoms with van der Waals surface area (Å²) < 4.78 is 1.25. The minimum Gasteiger partial charge on any atom is -0.506 e. The number of nitrogens with one attached hydrogen (secondary N) is 1. The maximum Gasteiger partial charge on any atom is 0.135 e. The van der Waals surface area contributed by atoms with Crippen molar-refractivity contribution in [1.82, 2.24) is 9.97 Å². The summed E-state index contributed by atoms with van der Waals surface area (Å²) in [5, 5.41) is 15.1. The van der Waals surface area contributed by atoms with E-state index >= 15 is 0 Å². The Morgan fingerprint density at radius 2 is 2.05 bits per heavy atom. The first-order valence-electron chi connectivity index (χ1n) is 6.89. The fraction of sp³-hybridized carbons (Fsp3) is 0.0588. The second-order valence-corrected chi connectivity index (χ2v) is 6.47. The summed E-state index contributed by atoms with van der Waals surface area (Å²) in [5.41, 5.74) is 2.64. The lowest BCUT2D eigenvalue weighted by Crippen LogP contribution is -1.93. The van der Waals surface area contributed by atoms with Gasteiger partial charge in [-0.15, -0.1) is 11.3 Å². The monoisotopic (exact) mass is 307 g/mol. The van der Waals surface area contributed by atoms with E-state index in [1.807, 2.05) is 6.07 Å². The van der Waals surface area contributed by atoms with Gasteiger partial charge in [-0.05, 0) is 36.6 Å². The summed E-state index contributed by atoms with van der Waals surface area (Å²) in [7, 11) is 0. The molecule has 0 amide bonds. The van der Waals surface area contributed by atoms with Crippen molar-refractivity contribution in [3.8, 4) is 5.75 Å². The van der Waals surface area contributed by atoms with Gasteiger partial charge in [-0.2, -0.15) is 0 Å². The SMILES string of the molecule is Cc1cc2cc3nccc(Nc4cncc(O)c4)c3cc2s1. The predicted octanol–water partition coefficient (Wildman–Crippen LogP) is 4.60. The van der Waals surface area contributed by atoms with Crippen LogP contribution in [-0.2, 0) is 0 Å². The standard InChI is InChI=1S/C17H13N3OS/c1-10-4-11-5-16-14(7-17(11)22-10)15(2-3-19-16)20-12-6-13(21)9-18-8-12/h2-9,21H,1H3,(H,19,20). The van der Waals surface area contributed by atoms with E-state index in [1.54, 1.807) is 29.8 Å². The van der Waals surface area contributed by atoms with E-state index in [4.69, 9.17) is 0 Å². The highest BCUT2D eigenvalue weighted by molar-refractivity contribution is 7.19. The Labute approximate surface area is 131 Å². The summed E-state index contributed by atoms with van der Waals surface area (Å²) in [6.07, 6.45) is 4.87. The maximum atomic E-state index is 9.54. The Kier molecular flexibility index (Phi) is 2.94. The number of hydrogen-bond acceptors (Lipinski definition) is 5. The lowest BCUT2D eigenvalue weighted by Gasteiger charge is -2.09. The number of rotatable bonds is 2. The molecule has 0 aliphatic rings. The van der Waals surface area contributed by atoms with E-state index < -0.39 is 0 Å². The van der Waals surface area contributed by atoms with Crippen LogP contribution in [-0.4, -0.2) is 15.1 Å². The molecule has 108 valence electrons. The van der Waals surface area contributed by atoms with Crippen molar-refractivity contribution in [2.75, 3.05) is 5.32 Å². The molecule has 0 aliphatic heterocycles. The number of hydrogen-bond donors (Lipinski definition) is 2. The molecule has 0 saturated heterocycles. The second-order valence-electron chi connectivity index (χ2n) is 5.18. The molecule has 4 rings (SSSR count). The fourth-order valence-electron chi connectivity index (χ4n) is 2.57. The van der Waals surface area contributed by atoms with E-state index in [0.717, 1.165) is 22.3 Å². The minimum atomic E-state index is 0.139. The molecule has 0 radical (unpaired) electrons. The first kappa shape index (κ1) is 13.0. The molecule has 0 saturated carbocycles. The first-order valence-corrected chi connectivity index (χ1v) is 7.71. The van der Waals surface area contributed by atoms with E-state index in [9.17, 15) is 5.11 Å². The van der Waals surface area contributed by atoms with Crippen LogP contribution in [0.15, 0.2) is 48.9 Å². The van der Waals surface area contributed by atoms with Crippen molar-refractivity contribution in [2.24, 2.45) is 0 Å². The van der Waals surface area contributed by atoms with Crippen molar-refractivity contribution in [1.29, 1.82) is 0 Å². The van der Waals surface area contributed by atoms with Gasteiger partial charge in [-0.1, -0.05) is 0 Å². The summed E-state index contributed by atoms with van der Waals surface area (Å²) in [4.78, 5) is 9.74. The van der Waals surface area contributed by atoms with Crippen LogP contribution >= 0.6 is 11.3 Å². The molecule has 22 heavy (non-hydrogen) atoms. The molecule has 0 spiro atoms. The zero-order valence-corrected chi connectivity index (χ0v) is 12.7. The molecule has 4 nitrogen and oxygen atoms in total. The van der Waals surface area contributed by atoms with Gasteiger partial charge in [0.25, 0.3) is 0 Å². The average Bonchev–Trinajstić information content (AvgIpc) is 2.84. The Bertz CT molecular complexity index is 994. The molecule has 0 fully saturated rings. The maximum absolute atomic E-state index is 9.54. The van der Waals surface area contributed by atoms with Gasteiger partial charge < -0.3 is 10.4 Å². The quantitative estimate of drug-likeness (QED) is 0.568. The molecule has 4 aromatic rings. The van der Waals surface area contributed by atoms with E-state index in [-0.39, 0.29) is 5.75 Å². The Hall–Kier alpha value is -2.66. The molecule has 3 aromatic heterocycles. The number of thiophene rings is 1. The molecular weight excluding hydrogens is 294 g/mol. The van der Waals surface area contributed by atoms with Gasteiger partial charge in [-0.3, -0.25) is 9.97 Å². The first-order chi connectivity index (χ1) is 10.7. The molecule has 2 N–H and O–H groups in total. The van der Waals surface area contributed by atoms with Crippen LogP contribution in [0, 0.1) is 6.92 Å². The van der Waals surface area contributed by atoms with Gasteiger partial charge in [0.2, 0.25) is 0 Å². The summed E-state index contributed by atoms with van der Waals surface area (Å²) in [6.45, 7) is 2.11. The van der Waals surface area contributed by atoms with Gasteiger partial charge in [0.1, 0.15) is 5.75 Å². The van der Waals surface area contributed by atoms with Crippen molar-refractivity contribution < 1.29 is 5.11 Å². The number of aromatic hydroxyl groups is 1. The average molecular weight is 307 g/mol. The molecule has 5 heteroatoms. The zero-order chi connectivity index (χ0) is 15.1. The molecule has 1 aromatic carbocycles. The van der Waals surface area contributed by atoms with Crippen molar-refractivity contribution in [2.45, 2.75) is 6.92 Å². The third-order valence-corrected chi connectivity index (χ3v) is 4.52. The smallest absolute Gasteiger partial charge is 0.135 e. The molecule has 0 bridgehead atoms. The molecule has 0 atom stereocenters. The molecule has 0 unspecified atom stereocenters. The van der Waals surface area contributed by atoms with Crippen molar-refractivity contribution >= 4 is 43.7 Å². The number of benzene rings is 1. The van der Waals surface area contributed by atoms with Crippen LogP contribution in [0.5, 0.6) is 5.75 Å². The van der Waals surface area contributed by atoms with Crippen LogP contribution in [0.3, 0.4) is 0 Å². The third-order valence-electron chi connectivity index (χ3n) is 3.51. The fourth-order valence-corrected chi connectivity index (χ4v) is 3.52. The highest BCUT2D eigenvalue weighted by Gasteiger charge is 2.07. The Balaban J connectivity index is 1.87. The number of anilines is 2. The van der Waals surface area contributed by atoms with E-state index in [0.29, 0.717) is 0 Å². The number of pyridine rings is 2. The lowest BCUT2D eigenvalue weighted by molar-refractivity contribution is 0.473. The highest BCUT2D eigenvalue weighted by Crippen LogP contribution is 2.33. The van der Waals surface area contributed by atoms with Crippen LogP contribution in [0.25, 0.3) is 21.0 Å². The van der Waals surface area contributed by atoms with Crippen LogP contribution in [0.1, 0.15) is 4.88 Å². The number of nitrogens with zero attached hydrogens (tertiary/aromatic N) is 2. The number of aryl methyl sites for hydroxylation is 1. The van der Waals surface area contributed by atoms with Crippen LogP contribution in [0.4, 0.5) is 11.4 Å². The normalized spacial score (nSPS) is 11.1. The summed E-state index contributed by atoms with van der Waals surface area (Å²) >= 11 is 1.78.